The van der Waals surface area contributed by atoms with Crippen LogP contribution in [0.5, 0.6) is 0 Å². The summed E-state index contributed by atoms with van der Waals surface area (Å²) in [6.07, 6.45) is 10.7. The highest BCUT2D eigenvalue weighted by Crippen LogP contribution is 2.61. The molecule has 0 aromatic heterocycles. The van der Waals surface area contributed by atoms with Crippen molar-refractivity contribution in [2.75, 3.05) is 24.5 Å². The van der Waals surface area contributed by atoms with E-state index >= 15 is 0 Å². The summed E-state index contributed by atoms with van der Waals surface area (Å²) in [5.74, 6) is 2.83. The van der Waals surface area contributed by atoms with E-state index in [9.17, 15) is 4.79 Å². The van der Waals surface area contributed by atoms with Crippen LogP contribution in [0.3, 0.4) is 0 Å². The topological polar surface area (TPSA) is 58.4 Å². The maximum Gasteiger partial charge on any atom is 0.252 e. The molecule has 5 aliphatic rings. The van der Waals surface area contributed by atoms with Gasteiger partial charge in [0.15, 0.2) is 0 Å². The molecule has 4 nitrogen and oxygen atoms in total. The van der Waals surface area contributed by atoms with Gasteiger partial charge in [0, 0.05) is 31.4 Å². The van der Waals surface area contributed by atoms with Gasteiger partial charge in [-0.3, -0.25) is 4.79 Å². The molecule has 4 saturated carbocycles. The zero-order chi connectivity index (χ0) is 19.3. The van der Waals surface area contributed by atoms with Crippen LogP contribution in [-0.4, -0.2) is 31.6 Å². The minimum absolute atomic E-state index is 0.0416. The smallest absolute Gasteiger partial charge is 0.252 e. The third-order valence-corrected chi connectivity index (χ3v) is 8.22. The summed E-state index contributed by atoms with van der Waals surface area (Å²) in [6.45, 7) is 2.55. The molecule has 1 amide bonds. The van der Waals surface area contributed by atoms with Crippen molar-refractivity contribution in [2.24, 2.45) is 28.9 Å². The Labute approximate surface area is 173 Å². The molecule has 1 heterocycles. The van der Waals surface area contributed by atoms with Gasteiger partial charge in [-0.2, -0.15) is 0 Å². The monoisotopic (exact) mass is 401 g/mol. The molecule has 4 aliphatic carbocycles. The lowest BCUT2D eigenvalue weighted by Crippen LogP contribution is -2.47. The van der Waals surface area contributed by atoms with E-state index in [4.69, 9.17) is 17.3 Å². The Morgan fingerprint density at radius 1 is 1.18 bits per heavy atom. The van der Waals surface area contributed by atoms with Gasteiger partial charge >= 0.3 is 0 Å². The van der Waals surface area contributed by atoms with E-state index in [1.54, 1.807) is 0 Å². The number of nitrogens with zero attached hydrogens (tertiary/aromatic N) is 1. The van der Waals surface area contributed by atoms with Gasteiger partial charge < -0.3 is 16.0 Å². The fourth-order valence-corrected chi connectivity index (χ4v) is 7.24. The Kier molecular flexibility index (Phi) is 4.83. The zero-order valence-electron chi connectivity index (χ0n) is 16.6. The fourth-order valence-electron chi connectivity index (χ4n) is 7.04. The number of carbonyl (C=O) groups is 1. The van der Waals surface area contributed by atoms with Crippen LogP contribution in [0.25, 0.3) is 0 Å². The van der Waals surface area contributed by atoms with Gasteiger partial charge in [-0.25, -0.2) is 0 Å². The van der Waals surface area contributed by atoms with Crippen molar-refractivity contribution >= 4 is 23.2 Å². The van der Waals surface area contributed by atoms with E-state index in [2.05, 4.69) is 10.2 Å². The van der Waals surface area contributed by atoms with Crippen LogP contribution in [-0.2, 0) is 0 Å². The molecule has 28 heavy (non-hydrogen) atoms. The molecule has 1 aliphatic heterocycles. The number of amides is 1. The minimum atomic E-state index is -0.0416. The quantitative estimate of drug-likeness (QED) is 0.776. The van der Waals surface area contributed by atoms with E-state index in [1.807, 2.05) is 18.2 Å². The highest BCUT2D eigenvalue weighted by atomic mass is 35.5. The molecule has 6 rings (SSSR count). The normalized spacial score (nSPS) is 36.1. The van der Waals surface area contributed by atoms with E-state index in [1.165, 1.54) is 38.5 Å². The summed E-state index contributed by atoms with van der Waals surface area (Å²) in [5, 5.41) is 3.70. The van der Waals surface area contributed by atoms with Gasteiger partial charge in [0.05, 0.1) is 10.6 Å². The van der Waals surface area contributed by atoms with E-state index in [-0.39, 0.29) is 11.9 Å². The summed E-state index contributed by atoms with van der Waals surface area (Å²) in [7, 11) is 0. The Bertz CT molecular complexity index is 729. The third-order valence-electron chi connectivity index (χ3n) is 7.89. The third kappa shape index (κ3) is 3.54. The van der Waals surface area contributed by atoms with Crippen LogP contribution in [0.2, 0.25) is 5.02 Å². The van der Waals surface area contributed by atoms with Gasteiger partial charge in [-0.15, -0.1) is 0 Å². The first kappa shape index (κ1) is 18.7. The molecule has 1 aromatic carbocycles. The van der Waals surface area contributed by atoms with Crippen molar-refractivity contribution in [3.63, 3.8) is 0 Å². The number of benzene rings is 1. The van der Waals surface area contributed by atoms with Gasteiger partial charge in [-0.05, 0) is 92.7 Å². The molecule has 1 aromatic rings. The average Bonchev–Trinajstić information content (AvgIpc) is 3.07. The number of hydrogen-bond acceptors (Lipinski definition) is 3. The number of carbonyl (C=O) groups excluding carboxylic acids is 1. The number of hydrogen-bond donors (Lipinski definition) is 2. The molecule has 0 spiro atoms. The Balaban J connectivity index is 1.21. The fraction of sp³-hybridized carbons (Fsp3) is 0.696. The van der Waals surface area contributed by atoms with Gasteiger partial charge in [0.25, 0.3) is 5.91 Å². The summed E-state index contributed by atoms with van der Waals surface area (Å²) in [6, 6.07) is 5.98. The molecule has 152 valence electrons. The van der Waals surface area contributed by atoms with Gasteiger partial charge in [0.2, 0.25) is 0 Å². The van der Waals surface area contributed by atoms with Crippen LogP contribution in [0.1, 0.15) is 61.7 Å². The highest BCUT2D eigenvalue weighted by Gasteiger charge is 2.50. The van der Waals surface area contributed by atoms with E-state index < -0.39 is 0 Å². The molecule has 1 atom stereocenters. The maximum absolute atomic E-state index is 12.8. The van der Waals surface area contributed by atoms with Crippen LogP contribution in [0.15, 0.2) is 18.2 Å². The van der Waals surface area contributed by atoms with Crippen LogP contribution < -0.4 is 16.0 Å². The van der Waals surface area contributed by atoms with E-state index in [0.717, 1.165) is 55.9 Å². The number of nitrogens with two attached hydrogens (primary N) is 1. The molecule has 1 saturated heterocycles. The SMILES string of the molecule is NC1CCN(c2ccc(Cl)c(C(=O)NCCC34CC5CC(CC(C5)C3)C4)c2)C1. The van der Waals surface area contributed by atoms with Crippen molar-refractivity contribution in [1.82, 2.24) is 5.32 Å². The average molecular weight is 402 g/mol. The van der Waals surface area contributed by atoms with Crippen molar-refractivity contribution in [2.45, 2.75) is 57.4 Å². The molecule has 5 heteroatoms. The molecule has 1 unspecified atom stereocenters. The van der Waals surface area contributed by atoms with Gasteiger partial charge in [0.1, 0.15) is 0 Å². The molecule has 3 N–H and O–H groups in total. The summed E-state index contributed by atoms with van der Waals surface area (Å²) in [4.78, 5) is 15.1. The summed E-state index contributed by atoms with van der Waals surface area (Å²) < 4.78 is 0. The van der Waals surface area contributed by atoms with Crippen molar-refractivity contribution in [3.8, 4) is 0 Å². The molecular weight excluding hydrogens is 370 g/mol. The number of nitrogens with one attached hydrogen (secondary N) is 1. The lowest BCUT2D eigenvalue weighted by Gasteiger charge is -2.57. The second-order valence-electron chi connectivity index (χ2n) is 10.1. The molecule has 0 radical (unpaired) electrons. The number of halogens is 1. The zero-order valence-corrected chi connectivity index (χ0v) is 17.4. The predicted octanol–water partition coefficient (Wildman–Crippen LogP) is 4.21. The Morgan fingerprint density at radius 2 is 1.86 bits per heavy atom. The van der Waals surface area contributed by atoms with E-state index in [0.29, 0.717) is 16.0 Å². The highest BCUT2D eigenvalue weighted by molar-refractivity contribution is 6.34. The van der Waals surface area contributed by atoms with Gasteiger partial charge in [-0.1, -0.05) is 11.6 Å². The second-order valence-corrected chi connectivity index (χ2v) is 10.5. The molecular formula is C23H32ClN3O. The maximum atomic E-state index is 12.8. The lowest BCUT2D eigenvalue weighted by molar-refractivity contribution is -0.0564. The second kappa shape index (κ2) is 7.21. The van der Waals surface area contributed by atoms with Crippen molar-refractivity contribution < 1.29 is 4.79 Å². The first-order valence-electron chi connectivity index (χ1n) is 11.1. The first-order valence-corrected chi connectivity index (χ1v) is 11.5. The van der Waals surface area contributed by atoms with Crippen LogP contribution in [0, 0.1) is 23.2 Å². The number of rotatable bonds is 5. The summed E-state index contributed by atoms with van der Waals surface area (Å²) >= 11 is 6.36. The number of anilines is 1. The van der Waals surface area contributed by atoms with Crippen LogP contribution in [0.4, 0.5) is 5.69 Å². The minimum Gasteiger partial charge on any atom is -0.370 e. The predicted molar refractivity (Wildman–Crippen MR) is 114 cm³/mol. The molecule has 5 fully saturated rings. The first-order chi connectivity index (χ1) is 13.5. The Morgan fingerprint density at radius 3 is 2.46 bits per heavy atom. The van der Waals surface area contributed by atoms with Crippen molar-refractivity contribution in [3.05, 3.63) is 28.8 Å². The lowest BCUT2D eigenvalue weighted by atomic mass is 9.49. The largest absolute Gasteiger partial charge is 0.370 e. The Hall–Kier alpha value is -1.26. The summed E-state index contributed by atoms with van der Waals surface area (Å²) in [5.41, 5.74) is 8.17. The standard InChI is InChI=1S/C23H32ClN3O/c24-21-2-1-19(27-6-3-18(25)14-27)10-20(21)22(28)26-5-4-23-11-15-7-16(12-23)9-17(8-15)13-23/h1-2,10,15-18H,3-9,11-14,25H2,(H,26,28). The van der Waals surface area contributed by atoms with Crippen LogP contribution >= 0.6 is 11.6 Å². The molecule has 4 bridgehead atoms. The van der Waals surface area contributed by atoms with Crippen molar-refractivity contribution in [1.29, 1.82) is 0 Å².